The molecule has 0 aliphatic heterocycles. The molecule has 0 aliphatic rings. The van der Waals surface area contributed by atoms with Crippen LogP contribution in [0.1, 0.15) is 0 Å². The van der Waals surface area contributed by atoms with E-state index in [0.29, 0.717) is 5.82 Å². The minimum absolute atomic E-state index is 0.212. The molecule has 90 valence electrons. The number of thiophene rings is 1. The molecule has 0 fully saturated rings. The summed E-state index contributed by atoms with van der Waals surface area (Å²) in [6, 6.07) is 8.04. The average Bonchev–Trinajstić information content (AvgIpc) is 2.74. The van der Waals surface area contributed by atoms with Crippen molar-refractivity contribution in [2.45, 2.75) is 0 Å². The van der Waals surface area contributed by atoms with Crippen LogP contribution >= 0.6 is 27.3 Å². The van der Waals surface area contributed by atoms with E-state index in [2.05, 4.69) is 25.9 Å². The van der Waals surface area contributed by atoms with Gasteiger partial charge in [-0.1, -0.05) is 28.1 Å². The van der Waals surface area contributed by atoms with Gasteiger partial charge in [0.1, 0.15) is 10.6 Å². The average molecular weight is 321 g/mol. The van der Waals surface area contributed by atoms with Crippen LogP contribution in [0.25, 0.3) is 21.3 Å². The maximum absolute atomic E-state index is 5.94. The number of nitrogen functional groups attached to an aromatic ring is 2. The Balaban J connectivity index is 2.27. The Hall–Kier alpha value is -1.66. The lowest BCUT2D eigenvalue weighted by Crippen LogP contribution is -1.99. The molecule has 0 amide bonds. The summed E-state index contributed by atoms with van der Waals surface area (Å²) >= 11 is 4.94. The van der Waals surface area contributed by atoms with E-state index in [4.69, 9.17) is 11.5 Å². The fourth-order valence-corrected chi connectivity index (χ4v) is 3.05. The number of halogens is 1. The van der Waals surface area contributed by atoms with Crippen molar-refractivity contribution in [2.75, 3.05) is 11.5 Å². The smallest absolute Gasteiger partial charge is 0.223 e. The van der Waals surface area contributed by atoms with Crippen molar-refractivity contribution in [2.24, 2.45) is 0 Å². The number of rotatable bonds is 1. The van der Waals surface area contributed by atoms with Crippen LogP contribution in [0.3, 0.4) is 0 Å². The molecule has 0 bridgehead atoms. The van der Waals surface area contributed by atoms with Crippen molar-refractivity contribution in [3.63, 3.8) is 0 Å². The van der Waals surface area contributed by atoms with Crippen LogP contribution in [-0.4, -0.2) is 9.97 Å². The molecular weight excluding hydrogens is 312 g/mol. The van der Waals surface area contributed by atoms with E-state index < -0.39 is 0 Å². The molecule has 2 aromatic heterocycles. The Morgan fingerprint density at radius 2 is 1.78 bits per heavy atom. The van der Waals surface area contributed by atoms with Crippen molar-refractivity contribution in [3.05, 3.63) is 34.1 Å². The monoisotopic (exact) mass is 320 g/mol. The van der Waals surface area contributed by atoms with Crippen LogP contribution in [0.5, 0.6) is 0 Å². The van der Waals surface area contributed by atoms with Gasteiger partial charge in [-0.3, -0.25) is 0 Å². The lowest BCUT2D eigenvalue weighted by atomic mass is 10.1. The number of nitrogens with two attached hydrogens (primary N) is 2. The van der Waals surface area contributed by atoms with Gasteiger partial charge in [0.25, 0.3) is 0 Å². The lowest BCUT2D eigenvalue weighted by molar-refractivity contribution is 1.26. The Morgan fingerprint density at radius 3 is 2.50 bits per heavy atom. The summed E-state index contributed by atoms with van der Waals surface area (Å²) in [5.41, 5.74) is 13.7. The van der Waals surface area contributed by atoms with Gasteiger partial charge in [-0.05, 0) is 17.7 Å². The van der Waals surface area contributed by atoms with Gasteiger partial charge in [0.2, 0.25) is 5.95 Å². The Morgan fingerprint density at radius 1 is 1.06 bits per heavy atom. The minimum Gasteiger partial charge on any atom is -0.383 e. The highest BCUT2D eigenvalue weighted by Gasteiger charge is 2.12. The number of hydrogen-bond acceptors (Lipinski definition) is 5. The molecule has 0 aliphatic carbocycles. The van der Waals surface area contributed by atoms with Gasteiger partial charge in [0.15, 0.2) is 0 Å². The summed E-state index contributed by atoms with van der Waals surface area (Å²) in [7, 11) is 0. The molecule has 0 spiro atoms. The first-order valence-electron chi connectivity index (χ1n) is 5.21. The summed E-state index contributed by atoms with van der Waals surface area (Å²) < 4.78 is 1.04. The van der Waals surface area contributed by atoms with Crippen molar-refractivity contribution in [3.8, 4) is 11.1 Å². The SMILES string of the molecule is Nc1nc(N)c2c(-c3ccc(Br)cc3)csc2n1. The molecule has 4 N–H and O–H groups in total. The molecule has 6 heteroatoms. The second-order valence-corrected chi connectivity index (χ2v) is 5.58. The quantitative estimate of drug-likeness (QED) is 0.721. The van der Waals surface area contributed by atoms with E-state index in [1.165, 1.54) is 11.3 Å². The highest BCUT2D eigenvalue weighted by atomic mass is 79.9. The molecule has 3 aromatic rings. The number of nitrogens with zero attached hydrogens (tertiary/aromatic N) is 2. The van der Waals surface area contributed by atoms with E-state index in [-0.39, 0.29) is 5.95 Å². The molecular formula is C12H9BrN4S. The predicted octanol–water partition coefficient (Wildman–Crippen LogP) is 3.29. The number of hydrogen-bond donors (Lipinski definition) is 2. The number of benzene rings is 1. The third-order valence-corrected chi connectivity index (χ3v) is 4.03. The van der Waals surface area contributed by atoms with Crippen LogP contribution in [0.4, 0.5) is 11.8 Å². The van der Waals surface area contributed by atoms with Crippen molar-refractivity contribution in [1.82, 2.24) is 9.97 Å². The molecule has 18 heavy (non-hydrogen) atoms. The van der Waals surface area contributed by atoms with Crippen LogP contribution in [-0.2, 0) is 0 Å². The van der Waals surface area contributed by atoms with Crippen LogP contribution in [0, 0.1) is 0 Å². The van der Waals surface area contributed by atoms with E-state index in [1.807, 2.05) is 29.6 Å². The lowest BCUT2D eigenvalue weighted by Gasteiger charge is -2.02. The Kier molecular flexibility index (Phi) is 2.68. The van der Waals surface area contributed by atoms with Crippen LogP contribution in [0.15, 0.2) is 34.1 Å². The van der Waals surface area contributed by atoms with Crippen LogP contribution < -0.4 is 11.5 Å². The van der Waals surface area contributed by atoms with E-state index in [9.17, 15) is 0 Å². The van der Waals surface area contributed by atoms with Gasteiger partial charge in [-0.25, -0.2) is 4.98 Å². The second-order valence-electron chi connectivity index (χ2n) is 3.80. The fraction of sp³-hybridized carbons (Fsp3) is 0. The largest absolute Gasteiger partial charge is 0.383 e. The number of anilines is 2. The van der Waals surface area contributed by atoms with Crippen molar-refractivity contribution < 1.29 is 0 Å². The number of aromatic nitrogens is 2. The van der Waals surface area contributed by atoms with E-state index in [0.717, 1.165) is 25.8 Å². The molecule has 0 saturated heterocycles. The summed E-state index contributed by atoms with van der Waals surface area (Å²) in [6.45, 7) is 0. The molecule has 0 atom stereocenters. The van der Waals surface area contributed by atoms with Gasteiger partial charge in [0.05, 0.1) is 5.39 Å². The van der Waals surface area contributed by atoms with Gasteiger partial charge in [-0.15, -0.1) is 11.3 Å². The highest BCUT2D eigenvalue weighted by Crippen LogP contribution is 2.36. The van der Waals surface area contributed by atoms with Gasteiger partial charge >= 0.3 is 0 Å². The first kappa shape index (κ1) is 11.4. The zero-order valence-corrected chi connectivity index (χ0v) is 11.6. The Bertz CT molecular complexity index is 721. The fourth-order valence-electron chi connectivity index (χ4n) is 1.83. The molecule has 3 rings (SSSR count). The summed E-state index contributed by atoms with van der Waals surface area (Å²) in [4.78, 5) is 9.03. The highest BCUT2D eigenvalue weighted by molar-refractivity contribution is 9.10. The first-order chi connectivity index (χ1) is 8.65. The summed E-state index contributed by atoms with van der Waals surface area (Å²) in [5.74, 6) is 0.640. The van der Waals surface area contributed by atoms with Crippen molar-refractivity contribution in [1.29, 1.82) is 0 Å². The maximum atomic E-state index is 5.94. The zero-order chi connectivity index (χ0) is 12.7. The third kappa shape index (κ3) is 1.83. The molecule has 0 radical (unpaired) electrons. The van der Waals surface area contributed by atoms with Gasteiger partial charge in [0, 0.05) is 15.4 Å². The summed E-state index contributed by atoms with van der Waals surface area (Å²) in [5, 5.41) is 2.90. The minimum atomic E-state index is 0.212. The van der Waals surface area contributed by atoms with Crippen molar-refractivity contribution >= 4 is 49.2 Å². The molecule has 1 aromatic carbocycles. The molecule has 4 nitrogen and oxygen atoms in total. The van der Waals surface area contributed by atoms with E-state index >= 15 is 0 Å². The van der Waals surface area contributed by atoms with Gasteiger partial charge < -0.3 is 11.5 Å². The summed E-state index contributed by atoms with van der Waals surface area (Å²) in [6.07, 6.45) is 0. The van der Waals surface area contributed by atoms with Crippen LogP contribution in [0.2, 0.25) is 0 Å². The number of fused-ring (bicyclic) bond motifs is 1. The maximum Gasteiger partial charge on any atom is 0.223 e. The molecule has 0 saturated carbocycles. The first-order valence-corrected chi connectivity index (χ1v) is 6.88. The predicted molar refractivity (Wildman–Crippen MR) is 79.4 cm³/mol. The van der Waals surface area contributed by atoms with E-state index in [1.54, 1.807) is 0 Å². The molecule has 2 heterocycles. The zero-order valence-electron chi connectivity index (χ0n) is 9.22. The molecule has 0 unspecified atom stereocenters. The normalized spacial score (nSPS) is 10.9. The van der Waals surface area contributed by atoms with Gasteiger partial charge in [-0.2, -0.15) is 4.98 Å². The second kappa shape index (κ2) is 4.22. The Labute approximate surface area is 116 Å². The topological polar surface area (TPSA) is 77.8 Å². The third-order valence-electron chi connectivity index (χ3n) is 2.63. The standard InChI is InChI=1S/C12H9BrN4S/c13-7-3-1-6(2-4-7)8-5-18-11-9(8)10(14)16-12(15)17-11/h1-5H,(H4,14,15,16,17).